The van der Waals surface area contributed by atoms with Crippen molar-refractivity contribution >= 4 is 33.4 Å². The van der Waals surface area contributed by atoms with Gasteiger partial charge in [0.15, 0.2) is 4.67 Å². The van der Waals surface area contributed by atoms with Gasteiger partial charge in [0.1, 0.15) is 12.0 Å². The maximum atomic E-state index is 11.6. The van der Waals surface area contributed by atoms with Gasteiger partial charge in [-0.1, -0.05) is 0 Å². The van der Waals surface area contributed by atoms with Crippen LogP contribution in [0.2, 0.25) is 0 Å². The van der Waals surface area contributed by atoms with Crippen molar-refractivity contribution in [3.8, 4) is 0 Å². The highest BCUT2D eigenvalue weighted by atomic mass is 79.9. The van der Waals surface area contributed by atoms with Crippen LogP contribution in [-0.2, 0) is 4.74 Å². The molecule has 0 aromatic carbocycles. The Morgan fingerprint density at radius 2 is 2.12 bits per heavy atom. The molecule has 0 fully saturated rings. The Morgan fingerprint density at radius 1 is 1.29 bits per heavy atom. The lowest BCUT2D eigenvalue weighted by molar-refractivity contribution is -0.385. The average molecular weight is 398 g/mol. The third-order valence-corrected chi connectivity index (χ3v) is 3.52. The molecule has 0 unspecified atom stereocenters. The summed E-state index contributed by atoms with van der Waals surface area (Å²) in [5.74, 6) is 0.289. The minimum absolute atomic E-state index is 0.0362. The maximum absolute atomic E-state index is 11.6. The predicted molar refractivity (Wildman–Crippen MR) is 89.9 cm³/mol. The lowest BCUT2D eigenvalue weighted by Crippen LogP contribution is -2.07. The third kappa shape index (κ3) is 5.65. The summed E-state index contributed by atoms with van der Waals surface area (Å²) in [6, 6.07) is 6.16. The number of anilines is 1. The van der Waals surface area contributed by atoms with Crippen LogP contribution in [0.25, 0.3) is 0 Å². The van der Waals surface area contributed by atoms with Crippen LogP contribution in [0.4, 0.5) is 11.5 Å². The van der Waals surface area contributed by atoms with E-state index in [4.69, 9.17) is 9.15 Å². The van der Waals surface area contributed by atoms with Crippen molar-refractivity contribution < 1.29 is 18.9 Å². The Morgan fingerprint density at radius 3 is 2.75 bits per heavy atom. The Labute approximate surface area is 146 Å². The molecule has 0 saturated carbocycles. The minimum atomic E-state index is -0.487. The van der Waals surface area contributed by atoms with Gasteiger partial charge in [-0.3, -0.25) is 10.1 Å². The number of nitro groups is 1. The average Bonchev–Trinajstić information content (AvgIpc) is 3.01. The molecule has 0 spiro atoms. The van der Waals surface area contributed by atoms with Crippen LogP contribution in [0.3, 0.4) is 0 Å². The van der Waals surface area contributed by atoms with Crippen molar-refractivity contribution in [2.45, 2.75) is 19.3 Å². The molecule has 0 saturated heterocycles. The Bertz CT molecular complexity index is 687. The van der Waals surface area contributed by atoms with E-state index >= 15 is 0 Å². The number of esters is 1. The van der Waals surface area contributed by atoms with E-state index in [1.54, 1.807) is 18.2 Å². The zero-order valence-electron chi connectivity index (χ0n) is 12.7. The molecular weight excluding hydrogens is 382 g/mol. The van der Waals surface area contributed by atoms with E-state index in [1.165, 1.54) is 12.3 Å². The van der Waals surface area contributed by atoms with Crippen LogP contribution in [0.1, 0.15) is 29.8 Å². The molecule has 8 nitrogen and oxygen atoms in total. The van der Waals surface area contributed by atoms with Crippen LogP contribution in [0.15, 0.2) is 39.5 Å². The van der Waals surface area contributed by atoms with E-state index in [1.807, 2.05) is 0 Å². The molecule has 2 heterocycles. The van der Waals surface area contributed by atoms with Crippen molar-refractivity contribution in [3.63, 3.8) is 0 Å². The predicted octanol–water partition coefficient (Wildman–Crippen LogP) is 3.78. The quantitative estimate of drug-likeness (QED) is 0.296. The largest absolute Gasteiger partial charge is 0.460 e. The summed E-state index contributed by atoms with van der Waals surface area (Å²) in [5, 5.41) is 13.6. The van der Waals surface area contributed by atoms with Crippen LogP contribution >= 0.6 is 15.9 Å². The highest BCUT2D eigenvalue weighted by molar-refractivity contribution is 9.10. The molecule has 0 amide bonds. The van der Waals surface area contributed by atoms with Crippen molar-refractivity contribution in [2.75, 3.05) is 18.5 Å². The van der Waals surface area contributed by atoms with Crippen molar-refractivity contribution in [1.82, 2.24) is 4.98 Å². The van der Waals surface area contributed by atoms with Gasteiger partial charge in [-0.15, -0.1) is 0 Å². The van der Waals surface area contributed by atoms with Gasteiger partial charge in [0.05, 0.1) is 11.5 Å². The van der Waals surface area contributed by atoms with Gasteiger partial charge in [0.25, 0.3) is 5.69 Å². The molecule has 2 aromatic rings. The first-order valence-corrected chi connectivity index (χ1v) is 8.12. The third-order valence-electron chi connectivity index (χ3n) is 3.09. The van der Waals surface area contributed by atoms with E-state index < -0.39 is 10.9 Å². The fraction of sp³-hybridized carbons (Fsp3) is 0.333. The van der Waals surface area contributed by atoms with Gasteiger partial charge >= 0.3 is 5.97 Å². The van der Waals surface area contributed by atoms with Crippen LogP contribution < -0.4 is 5.32 Å². The lowest BCUT2D eigenvalue weighted by atomic mass is 10.2. The molecule has 2 rings (SSSR count). The summed E-state index contributed by atoms with van der Waals surface area (Å²) in [7, 11) is 0. The number of carbonyl (C=O) groups excluding carboxylic acids is 1. The number of furan rings is 1. The molecule has 0 aliphatic rings. The molecule has 9 heteroatoms. The Kier molecular flexibility index (Phi) is 6.74. The molecule has 0 atom stereocenters. The van der Waals surface area contributed by atoms with Crippen molar-refractivity contribution in [3.05, 3.63) is 51.0 Å². The van der Waals surface area contributed by atoms with E-state index in [0.717, 1.165) is 19.3 Å². The van der Waals surface area contributed by atoms with Crippen molar-refractivity contribution in [2.24, 2.45) is 0 Å². The second-order valence-corrected chi connectivity index (χ2v) is 5.67. The lowest BCUT2D eigenvalue weighted by Gasteiger charge is -2.05. The molecule has 2 aromatic heterocycles. The first-order valence-electron chi connectivity index (χ1n) is 7.33. The van der Waals surface area contributed by atoms with E-state index in [2.05, 4.69) is 26.2 Å². The van der Waals surface area contributed by atoms with E-state index in [-0.39, 0.29) is 11.4 Å². The molecule has 0 aliphatic carbocycles. The number of nitrogens with one attached hydrogen (secondary N) is 1. The number of carbonyl (C=O) groups is 1. The molecular formula is C15H16BrN3O5. The number of unbranched alkanes of at least 4 members (excludes halogenated alkanes) is 2. The summed E-state index contributed by atoms with van der Waals surface area (Å²) in [5.41, 5.74) is -0.0362. The van der Waals surface area contributed by atoms with E-state index in [9.17, 15) is 14.9 Å². The number of rotatable bonds is 9. The highest BCUT2D eigenvalue weighted by Crippen LogP contribution is 2.15. The van der Waals surface area contributed by atoms with Gasteiger partial charge < -0.3 is 14.5 Å². The minimum Gasteiger partial charge on any atom is -0.460 e. The number of nitrogens with zero attached hydrogens (tertiary/aromatic N) is 2. The molecule has 0 bridgehead atoms. The fourth-order valence-corrected chi connectivity index (χ4v) is 2.19. The van der Waals surface area contributed by atoms with Crippen LogP contribution in [-0.4, -0.2) is 29.0 Å². The van der Waals surface area contributed by atoms with Crippen molar-refractivity contribution in [1.29, 1.82) is 0 Å². The SMILES string of the molecule is O=C(OCCCCCNc1ccc([N+](=O)[O-])cn1)c1ccc(Br)o1. The zero-order valence-corrected chi connectivity index (χ0v) is 14.3. The monoisotopic (exact) mass is 397 g/mol. The number of aromatic nitrogens is 1. The van der Waals surface area contributed by atoms with Gasteiger partial charge in [-0.2, -0.15) is 0 Å². The van der Waals surface area contributed by atoms with Gasteiger partial charge in [-0.05, 0) is 53.4 Å². The smallest absolute Gasteiger partial charge is 0.374 e. The first kappa shape index (κ1) is 17.9. The Balaban J connectivity index is 1.55. The molecule has 128 valence electrons. The summed E-state index contributed by atoms with van der Waals surface area (Å²) in [6.07, 6.45) is 3.69. The molecule has 24 heavy (non-hydrogen) atoms. The van der Waals surface area contributed by atoms with E-state index in [0.29, 0.717) is 23.6 Å². The van der Waals surface area contributed by atoms with Crippen LogP contribution in [0, 0.1) is 10.1 Å². The standard InChI is InChI=1S/C15H16BrN3O5/c16-13-6-5-12(24-13)15(20)23-9-3-1-2-8-17-14-7-4-11(10-18-14)19(21)22/h4-7,10H,1-3,8-9H2,(H,17,18). The number of pyridine rings is 1. The number of hydrogen-bond acceptors (Lipinski definition) is 7. The zero-order chi connectivity index (χ0) is 17.4. The number of hydrogen-bond donors (Lipinski definition) is 1. The summed E-state index contributed by atoms with van der Waals surface area (Å²) >= 11 is 3.12. The topological polar surface area (TPSA) is 108 Å². The number of halogens is 1. The molecule has 0 radical (unpaired) electrons. The Hall–Kier alpha value is -2.42. The van der Waals surface area contributed by atoms with Gasteiger partial charge in [0.2, 0.25) is 5.76 Å². The second-order valence-electron chi connectivity index (χ2n) is 4.89. The maximum Gasteiger partial charge on any atom is 0.374 e. The normalized spacial score (nSPS) is 10.4. The number of ether oxygens (including phenoxy) is 1. The molecule has 0 aliphatic heterocycles. The summed E-state index contributed by atoms with van der Waals surface area (Å²) in [6.45, 7) is 1.01. The van der Waals surface area contributed by atoms with Crippen LogP contribution in [0.5, 0.6) is 0 Å². The van der Waals surface area contributed by atoms with Gasteiger partial charge in [-0.25, -0.2) is 9.78 Å². The fourth-order valence-electron chi connectivity index (χ4n) is 1.88. The molecule has 1 N–H and O–H groups in total. The summed E-state index contributed by atoms with van der Waals surface area (Å²) < 4.78 is 10.7. The first-order chi connectivity index (χ1) is 11.6. The second kappa shape index (κ2) is 9.02. The van der Waals surface area contributed by atoms with Gasteiger partial charge in [0, 0.05) is 12.6 Å². The summed E-state index contributed by atoms with van der Waals surface area (Å²) in [4.78, 5) is 25.6. The highest BCUT2D eigenvalue weighted by Gasteiger charge is 2.11.